The summed E-state index contributed by atoms with van der Waals surface area (Å²) in [5.41, 5.74) is -0.215. The number of thiazole rings is 1. The fourth-order valence-corrected chi connectivity index (χ4v) is 2.10. The van der Waals surface area contributed by atoms with Crippen LogP contribution in [0.1, 0.15) is 49.1 Å². The number of nitrogens with zero attached hydrogens (tertiary/aromatic N) is 1. The molecule has 1 aromatic rings. The molecule has 3 N–H and O–H groups in total. The topological polar surface area (TPSA) is 91.3 Å². The van der Waals surface area contributed by atoms with Crippen molar-refractivity contribution in [2.45, 2.75) is 45.7 Å². The number of nitrogens with one attached hydrogen (secondary N) is 2. The number of amides is 2. The van der Waals surface area contributed by atoms with E-state index in [1.54, 1.807) is 0 Å². The van der Waals surface area contributed by atoms with Gasteiger partial charge in [-0.15, -0.1) is 11.3 Å². The highest BCUT2D eigenvalue weighted by Gasteiger charge is 2.21. The third-order valence-electron chi connectivity index (χ3n) is 3.15. The van der Waals surface area contributed by atoms with Gasteiger partial charge in [0.15, 0.2) is 5.69 Å². The number of carboxylic acid groups (broad SMARTS) is 1. The molecule has 0 aliphatic carbocycles. The number of hydrogen-bond donors (Lipinski definition) is 3. The van der Waals surface area contributed by atoms with Gasteiger partial charge < -0.3 is 15.7 Å². The first-order chi connectivity index (χ1) is 8.90. The summed E-state index contributed by atoms with van der Waals surface area (Å²) in [4.78, 5) is 26.3. The molecule has 19 heavy (non-hydrogen) atoms. The van der Waals surface area contributed by atoms with E-state index < -0.39 is 5.97 Å². The Balaban J connectivity index is 2.47. The highest BCUT2D eigenvalue weighted by Crippen LogP contribution is 2.13. The maximum Gasteiger partial charge on any atom is 0.355 e. The molecule has 0 fully saturated rings. The molecule has 0 aliphatic heterocycles. The van der Waals surface area contributed by atoms with Gasteiger partial charge >= 0.3 is 12.0 Å². The van der Waals surface area contributed by atoms with Gasteiger partial charge in [0.1, 0.15) is 5.01 Å². The molecular weight excluding hydrogens is 266 g/mol. The highest BCUT2D eigenvalue weighted by molar-refractivity contribution is 7.09. The van der Waals surface area contributed by atoms with E-state index in [0.717, 1.165) is 12.8 Å². The van der Waals surface area contributed by atoms with E-state index in [9.17, 15) is 9.59 Å². The molecule has 106 valence electrons. The number of aromatic carboxylic acids is 1. The molecule has 0 aromatic carbocycles. The number of carboxylic acids is 1. The van der Waals surface area contributed by atoms with Crippen molar-refractivity contribution in [2.75, 3.05) is 0 Å². The van der Waals surface area contributed by atoms with Crippen LogP contribution in [0.2, 0.25) is 0 Å². The van der Waals surface area contributed by atoms with E-state index in [0.29, 0.717) is 5.01 Å². The average molecular weight is 285 g/mol. The van der Waals surface area contributed by atoms with Gasteiger partial charge in [-0.25, -0.2) is 14.6 Å². The van der Waals surface area contributed by atoms with E-state index in [1.165, 1.54) is 16.7 Å². The molecule has 0 bridgehead atoms. The van der Waals surface area contributed by atoms with Crippen LogP contribution in [-0.2, 0) is 6.54 Å². The summed E-state index contributed by atoms with van der Waals surface area (Å²) in [7, 11) is 0. The molecule has 0 radical (unpaired) electrons. The van der Waals surface area contributed by atoms with Gasteiger partial charge in [0, 0.05) is 10.9 Å². The summed E-state index contributed by atoms with van der Waals surface area (Å²) >= 11 is 1.21. The minimum atomic E-state index is -1.06. The van der Waals surface area contributed by atoms with Crippen molar-refractivity contribution in [2.24, 2.45) is 0 Å². The molecular formula is C12H19N3O3S. The lowest BCUT2D eigenvalue weighted by molar-refractivity contribution is 0.0691. The van der Waals surface area contributed by atoms with Crippen molar-refractivity contribution in [3.8, 4) is 0 Å². The number of aromatic nitrogens is 1. The molecule has 2 amide bonds. The van der Waals surface area contributed by atoms with Crippen LogP contribution < -0.4 is 10.6 Å². The van der Waals surface area contributed by atoms with E-state index >= 15 is 0 Å². The number of carbonyl (C=O) groups is 2. The van der Waals surface area contributed by atoms with E-state index in [4.69, 9.17) is 5.11 Å². The van der Waals surface area contributed by atoms with Gasteiger partial charge in [-0.3, -0.25) is 0 Å². The quantitative estimate of drug-likeness (QED) is 0.747. The standard InChI is InChI=1S/C12H19N3O3S/c1-4-12(3,5-2)15-11(18)13-6-9-14-8(7-19-9)10(16)17/h7H,4-6H2,1-3H3,(H,16,17)(H2,13,15,18). The molecule has 0 spiro atoms. The van der Waals surface area contributed by atoms with Crippen LogP contribution in [0.15, 0.2) is 5.38 Å². The zero-order valence-corrected chi connectivity index (χ0v) is 12.1. The fraction of sp³-hybridized carbons (Fsp3) is 0.583. The molecule has 1 aromatic heterocycles. The van der Waals surface area contributed by atoms with Gasteiger partial charge in [-0.2, -0.15) is 0 Å². The Hall–Kier alpha value is -1.63. The Bertz CT molecular complexity index is 455. The Kier molecular flexibility index (Phi) is 5.29. The van der Waals surface area contributed by atoms with Gasteiger partial charge in [-0.1, -0.05) is 13.8 Å². The molecule has 0 unspecified atom stereocenters. The zero-order valence-electron chi connectivity index (χ0n) is 11.3. The first-order valence-electron chi connectivity index (χ1n) is 6.14. The molecule has 6 nitrogen and oxygen atoms in total. The van der Waals surface area contributed by atoms with E-state index in [1.807, 2.05) is 20.8 Å². The van der Waals surface area contributed by atoms with E-state index in [-0.39, 0.29) is 23.8 Å². The van der Waals surface area contributed by atoms with Crippen LogP contribution in [0.4, 0.5) is 4.79 Å². The van der Waals surface area contributed by atoms with Crippen molar-refractivity contribution < 1.29 is 14.7 Å². The normalized spacial score (nSPS) is 11.1. The van der Waals surface area contributed by atoms with Crippen LogP contribution >= 0.6 is 11.3 Å². The largest absolute Gasteiger partial charge is 0.476 e. The second-order valence-electron chi connectivity index (χ2n) is 4.51. The van der Waals surface area contributed by atoms with Crippen LogP contribution in [0.3, 0.4) is 0 Å². The SMILES string of the molecule is CCC(C)(CC)NC(=O)NCc1nc(C(=O)O)cs1. The van der Waals surface area contributed by atoms with Gasteiger partial charge in [-0.05, 0) is 19.8 Å². The van der Waals surface area contributed by atoms with Crippen LogP contribution in [0.5, 0.6) is 0 Å². The number of carbonyl (C=O) groups excluding carboxylic acids is 1. The average Bonchev–Trinajstić information content (AvgIpc) is 2.85. The molecule has 0 aliphatic rings. The summed E-state index contributed by atoms with van der Waals surface area (Å²) in [6.45, 7) is 6.25. The Morgan fingerprint density at radius 3 is 2.53 bits per heavy atom. The number of rotatable bonds is 6. The lowest BCUT2D eigenvalue weighted by Gasteiger charge is -2.28. The molecule has 1 heterocycles. The van der Waals surface area contributed by atoms with Crippen molar-refractivity contribution in [3.05, 3.63) is 16.1 Å². The minimum Gasteiger partial charge on any atom is -0.476 e. The minimum absolute atomic E-state index is 0.00848. The second-order valence-corrected chi connectivity index (χ2v) is 5.45. The smallest absolute Gasteiger partial charge is 0.355 e. The third-order valence-corrected chi connectivity index (χ3v) is 4.00. The maximum atomic E-state index is 11.7. The predicted molar refractivity (Wildman–Crippen MR) is 73.4 cm³/mol. The molecule has 1 rings (SSSR count). The Labute approximate surface area is 116 Å². The summed E-state index contributed by atoms with van der Waals surface area (Å²) in [5.74, 6) is -1.06. The van der Waals surface area contributed by atoms with Crippen molar-refractivity contribution in [3.63, 3.8) is 0 Å². The van der Waals surface area contributed by atoms with Crippen LogP contribution in [-0.4, -0.2) is 27.6 Å². The highest BCUT2D eigenvalue weighted by atomic mass is 32.1. The summed E-state index contributed by atoms with van der Waals surface area (Å²) in [6, 6.07) is -0.265. The summed E-state index contributed by atoms with van der Waals surface area (Å²) in [6.07, 6.45) is 1.69. The maximum absolute atomic E-state index is 11.7. The third kappa shape index (κ3) is 4.51. The molecule has 0 atom stereocenters. The van der Waals surface area contributed by atoms with Crippen LogP contribution in [0.25, 0.3) is 0 Å². The van der Waals surface area contributed by atoms with Crippen LogP contribution in [0, 0.1) is 0 Å². The predicted octanol–water partition coefficient (Wildman–Crippen LogP) is 2.22. The molecule has 0 saturated heterocycles. The molecule has 7 heteroatoms. The summed E-state index contributed by atoms with van der Waals surface area (Å²) in [5, 5.41) is 16.3. The lowest BCUT2D eigenvalue weighted by atomic mass is 9.96. The van der Waals surface area contributed by atoms with Crippen molar-refractivity contribution >= 4 is 23.3 Å². The van der Waals surface area contributed by atoms with Crippen molar-refractivity contribution in [1.82, 2.24) is 15.6 Å². The zero-order chi connectivity index (χ0) is 14.5. The Morgan fingerprint density at radius 1 is 1.42 bits per heavy atom. The number of urea groups is 1. The first kappa shape index (κ1) is 15.4. The summed E-state index contributed by atoms with van der Waals surface area (Å²) < 4.78 is 0. The Morgan fingerprint density at radius 2 is 2.05 bits per heavy atom. The first-order valence-corrected chi connectivity index (χ1v) is 7.02. The van der Waals surface area contributed by atoms with Gasteiger partial charge in [0.05, 0.1) is 6.54 Å². The van der Waals surface area contributed by atoms with Gasteiger partial charge in [0.25, 0.3) is 0 Å². The van der Waals surface area contributed by atoms with Crippen molar-refractivity contribution in [1.29, 1.82) is 0 Å². The van der Waals surface area contributed by atoms with E-state index in [2.05, 4.69) is 15.6 Å². The fourth-order valence-electron chi connectivity index (χ4n) is 1.39. The lowest BCUT2D eigenvalue weighted by Crippen LogP contribution is -2.49. The molecule has 0 saturated carbocycles. The number of hydrogen-bond acceptors (Lipinski definition) is 4. The second kappa shape index (κ2) is 6.51. The van der Waals surface area contributed by atoms with Gasteiger partial charge in [0.2, 0.25) is 0 Å². The monoisotopic (exact) mass is 285 g/mol.